The van der Waals surface area contributed by atoms with Gasteiger partial charge in [-0.05, 0) is 11.5 Å². The Kier molecular flexibility index (Phi) is 3.34. The molecule has 0 aliphatic rings. The summed E-state index contributed by atoms with van der Waals surface area (Å²) in [5.74, 6) is 0.914. The summed E-state index contributed by atoms with van der Waals surface area (Å²) in [7, 11) is 0. The van der Waals surface area contributed by atoms with E-state index in [4.69, 9.17) is 4.74 Å². The van der Waals surface area contributed by atoms with Gasteiger partial charge in [0.25, 0.3) is 0 Å². The molecule has 0 bridgehead atoms. The van der Waals surface area contributed by atoms with Gasteiger partial charge in [0.15, 0.2) is 0 Å². The number of hydrogen-bond donors (Lipinski definition) is 0. The highest BCUT2D eigenvalue weighted by molar-refractivity contribution is 5.55. The smallest absolute Gasteiger partial charge is 0.126 e. The number of ether oxygens (including phenoxy) is 1. The van der Waals surface area contributed by atoms with Gasteiger partial charge in [0.2, 0.25) is 0 Å². The van der Waals surface area contributed by atoms with E-state index in [0.717, 1.165) is 17.9 Å². The van der Waals surface area contributed by atoms with E-state index in [1.807, 2.05) is 30.3 Å². The van der Waals surface area contributed by atoms with Crippen molar-refractivity contribution in [3.8, 4) is 5.75 Å². The van der Waals surface area contributed by atoms with Gasteiger partial charge in [0.1, 0.15) is 5.75 Å². The van der Waals surface area contributed by atoms with E-state index in [9.17, 15) is 0 Å². The fraction of sp³-hybridized carbons (Fsp3) is 0.385. The summed E-state index contributed by atoms with van der Waals surface area (Å²) in [6.45, 7) is 10.9. The molecule has 1 aromatic carbocycles. The zero-order chi connectivity index (χ0) is 10.6. The van der Waals surface area contributed by atoms with E-state index in [-0.39, 0.29) is 5.41 Å². The van der Waals surface area contributed by atoms with Gasteiger partial charge in [0.05, 0.1) is 6.61 Å². The number of para-hydroxylation sites is 1. The molecule has 0 spiro atoms. The third-order valence-corrected chi connectivity index (χ3v) is 1.80. The van der Waals surface area contributed by atoms with Crippen LogP contribution < -0.4 is 4.74 Å². The Hall–Kier alpha value is -1.24. The fourth-order valence-electron chi connectivity index (χ4n) is 1.07. The summed E-state index contributed by atoms with van der Waals surface area (Å²) >= 11 is 0. The Labute approximate surface area is 86.4 Å². The Morgan fingerprint density at radius 1 is 1.29 bits per heavy atom. The van der Waals surface area contributed by atoms with Crippen LogP contribution in [0, 0.1) is 5.41 Å². The van der Waals surface area contributed by atoms with Gasteiger partial charge < -0.3 is 4.74 Å². The van der Waals surface area contributed by atoms with Crippen LogP contribution in [0.5, 0.6) is 5.75 Å². The zero-order valence-corrected chi connectivity index (χ0v) is 9.21. The van der Waals surface area contributed by atoms with Crippen molar-refractivity contribution in [2.75, 3.05) is 6.61 Å². The monoisotopic (exact) mass is 190 g/mol. The average molecular weight is 190 g/mol. The predicted molar refractivity (Wildman–Crippen MR) is 61.5 cm³/mol. The van der Waals surface area contributed by atoms with Crippen molar-refractivity contribution in [1.82, 2.24) is 0 Å². The molecule has 0 radical (unpaired) electrons. The van der Waals surface area contributed by atoms with Gasteiger partial charge in [0, 0.05) is 5.56 Å². The van der Waals surface area contributed by atoms with Crippen LogP contribution in [0.2, 0.25) is 0 Å². The predicted octanol–water partition coefficient (Wildman–Crippen LogP) is 3.75. The molecular weight excluding hydrogens is 172 g/mol. The lowest BCUT2D eigenvalue weighted by Crippen LogP contribution is -2.17. The molecule has 1 rings (SSSR count). The second-order valence-electron chi connectivity index (χ2n) is 4.59. The van der Waals surface area contributed by atoms with E-state index in [0.29, 0.717) is 0 Å². The lowest BCUT2D eigenvalue weighted by Gasteiger charge is -2.19. The Balaban J connectivity index is 2.71. The standard InChI is InChI=1S/C13H18O/c1-5-11-8-6-7-9-12(11)14-10-13(2,3)4/h5-9H,1,10H2,2-4H3. The molecule has 0 saturated carbocycles. The number of benzene rings is 1. The lowest BCUT2D eigenvalue weighted by molar-refractivity contribution is 0.197. The van der Waals surface area contributed by atoms with Gasteiger partial charge >= 0.3 is 0 Å². The molecule has 1 aromatic rings. The molecule has 1 nitrogen and oxygen atoms in total. The van der Waals surface area contributed by atoms with Crippen molar-refractivity contribution in [3.05, 3.63) is 36.4 Å². The van der Waals surface area contributed by atoms with Gasteiger partial charge in [-0.3, -0.25) is 0 Å². The summed E-state index contributed by atoms with van der Waals surface area (Å²) in [6.07, 6.45) is 1.82. The first-order chi connectivity index (χ1) is 6.53. The van der Waals surface area contributed by atoms with Crippen LogP contribution in [0.3, 0.4) is 0 Å². The molecule has 0 fully saturated rings. The van der Waals surface area contributed by atoms with Gasteiger partial charge in [-0.1, -0.05) is 51.6 Å². The Morgan fingerprint density at radius 2 is 1.93 bits per heavy atom. The zero-order valence-electron chi connectivity index (χ0n) is 9.21. The fourth-order valence-corrected chi connectivity index (χ4v) is 1.07. The van der Waals surface area contributed by atoms with E-state index < -0.39 is 0 Å². The van der Waals surface area contributed by atoms with Crippen molar-refractivity contribution in [3.63, 3.8) is 0 Å². The summed E-state index contributed by atoms with van der Waals surface area (Å²) in [4.78, 5) is 0. The minimum Gasteiger partial charge on any atom is -0.492 e. The third kappa shape index (κ3) is 3.25. The first-order valence-corrected chi connectivity index (χ1v) is 4.87. The quantitative estimate of drug-likeness (QED) is 0.705. The van der Waals surface area contributed by atoms with Crippen LogP contribution in [0.25, 0.3) is 6.08 Å². The topological polar surface area (TPSA) is 9.23 Å². The largest absolute Gasteiger partial charge is 0.492 e. The van der Waals surface area contributed by atoms with Crippen LogP contribution in [0.1, 0.15) is 26.3 Å². The highest BCUT2D eigenvalue weighted by Crippen LogP contribution is 2.22. The second-order valence-corrected chi connectivity index (χ2v) is 4.59. The number of rotatable bonds is 3. The molecule has 0 aliphatic heterocycles. The molecule has 0 N–H and O–H groups in total. The van der Waals surface area contributed by atoms with Gasteiger partial charge in [-0.15, -0.1) is 0 Å². The Morgan fingerprint density at radius 3 is 2.50 bits per heavy atom. The molecule has 76 valence electrons. The molecule has 0 unspecified atom stereocenters. The normalized spacial score (nSPS) is 11.1. The highest BCUT2D eigenvalue weighted by atomic mass is 16.5. The summed E-state index contributed by atoms with van der Waals surface area (Å²) in [6, 6.07) is 7.94. The van der Waals surface area contributed by atoms with Crippen LogP contribution in [0.4, 0.5) is 0 Å². The van der Waals surface area contributed by atoms with Gasteiger partial charge in [-0.2, -0.15) is 0 Å². The molecule has 14 heavy (non-hydrogen) atoms. The summed E-state index contributed by atoms with van der Waals surface area (Å²) in [5.41, 5.74) is 1.24. The third-order valence-electron chi connectivity index (χ3n) is 1.80. The average Bonchev–Trinajstić information content (AvgIpc) is 2.14. The lowest BCUT2D eigenvalue weighted by atomic mass is 9.98. The van der Waals surface area contributed by atoms with Crippen molar-refractivity contribution in [2.45, 2.75) is 20.8 Å². The van der Waals surface area contributed by atoms with Crippen molar-refractivity contribution in [2.24, 2.45) is 5.41 Å². The van der Waals surface area contributed by atoms with E-state index in [2.05, 4.69) is 27.4 Å². The minimum absolute atomic E-state index is 0.189. The first-order valence-electron chi connectivity index (χ1n) is 4.87. The van der Waals surface area contributed by atoms with Crippen LogP contribution >= 0.6 is 0 Å². The van der Waals surface area contributed by atoms with Crippen molar-refractivity contribution in [1.29, 1.82) is 0 Å². The van der Waals surface area contributed by atoms with Crippen molar-refractivity contribution >= 4 is 6.08 Å². The maximum atomic E-state index is 5.72. The molecular formula is C13H18O. The molecule has 1 heteroatoms. The van der Waals surface area contributed by atoms with E-state index >= 15 is 0 Å². The summed E-state index contributed by atoms with van der Waals surface area (Å²) in [5, 5.41) is 0. The van der Waals surface area contributed by atoms with Crippen LogP contribution in [-0.4, -0.2) is 6.61 Å². The second kappa shape index (κ2) is 4.32. The molecule has 0 heterocycles. The maximum absolute atomic E-state index is 5.72. The molecule has 0 aliphatic carbocycles. The van der Waals surface area contributed by atoms with Crippen molar-refractivity contribution < 1.29 is 4.74 Å². The van der Waals surface area contributed by atoms with Crippen LogP contribution in [0.15, 0.2) is 30.8 Å². The van der Waals surface area contributed by atoms with E-state index in [1.165, 1.54) is 0 Å². The maximum Gasteiger partial charge on any atom is 0.126 e. The highest BCUT2D eigenvalue weighted by Gasteiger charge is 2.11. The Bertz CT molecular complexity index is 307. The minimum atomic E-state index is 0.189. The first kappa shape index (κ1) is 10.8. The van der Waals surface area contributed by atoms with Gasteiger partial charge in [-0.25, -0.2) is 0 Å². The molecule has 0 aromatic heterocycles. The SMILES string of the molecule is C=Cc1ccccc1OCC(C)(C)C. The number of hydrogen-bond acceptors (Lipinski definition) is 1. The van der Waals surface area contributed by atoms with Crippen LogP contribution in [-0.2, 0) is 0 Å². The molecule has 0 atom stereocenters. The molecule has 0 saturated heterocycles. The van der Waals surface area contributed by atoms with E-state index in [1.54, 1.807) is 0 Å². The summed E-state index contributed by atoms with van der Waals surface area (Å²) < 4.78 is 5.72. The molecule has 0 amide bonds.